The van der Waals surface area contributed by atoms with Crippen molar-refractivity contribution in [1.29, 1.82) is 0 Å². The van der Waals surface area contributed by atoms with Gasteiger partial charge in [-0.2, -0.15) is 5.01 Å². The zero-order valence-electron chi connectivity index (χ0n) is 19.0. The van der Waals surface area contributed by atoms with Crippen molar-refractivity contribution in [2.24, 2.45) is 5.92 Å². The van der Waals surface area contributed by atoms with Crippen LogP contribution < -0.4 is 10.7 Å². The standard InChI is InChI=1S/C25H25N5O4/c1-15-11-13-25(14-12-15)23(32)30(24(33)26-25)29-20(31)17-7-9-18(10-8-17)21-27-28-22(34-21)19-6-4-3-5-16(19)2/h3-10,15H,11-14H2,1-2H3,(H,26,33)(H,29,31). The third-order valence-corrected chi connectivity index (χ3v) is 6.70. The Morgan fingerprint density at radius 2 is 1.74 bits per heavy atom. The van der Waals surface area contributed by atoms with Gasteiger partial charge in [0.25, 0.3) is 11.8 Å². The average Bonchev–Trinajstić information content (AvgIpc) is 3.41. The summed E-state index contributed by atoms with van der Waals surface area (Å²) in [5.74, 6) is 0.308. The molecule has 9 nitrogen and oxygen atoms in total. The summed E-state index contributed by atoms with van der Waals surface area (Å²) in [7, 11) is 0. The molecule has 4 amide bonds. The van der Waals surface area contributed by atoms with Crippen LogP contribution in [0.4, 0.5) is 4.79 Å². The van der Waals surface area contributed by atoms with Gasteiger partial charge >= 0.3 is 6.03 Å². The number of amides is 4. The van der Waals surface area contributed by atoms with Crippen molar-refractivity contribution < 1.29 is 18.8 Å². The van der Waals surface area contributed by atoms with Crippen molar-refractivity contribution in [1.82, 2.24) is 25.9 Å². The molecule has 0 atom stereocenters. The maximum atomic E-state index is 12.9. The number of urea groups is 1. The minimum Gasteiger partial charge on any atom is -0.416 e. The Morgan fingerprint density at radius 1 is 1.06 bits per heavy atom. The number of hydrazine groups is 1. The van der Waals surface area contributed by atoms with Gasteiger partial charge < -0.3 is 9.73 Å². The second-order valence-corrected chi connectivity index (χ2v) is 9.08. The molecule has 2 N–H and O–H groups in total. The van der Waals surface area contributed by atoms with Crippen LogP contribution in [0.2, 0.25) is 0 Å². The summed E-state index contributed by atoms with van der Waals surface area (Å²) in [4.78, 5) is 38.1. The molecule has 0 radical (unpaired) electrons. The van der Waals surface area contributed by atoms with Crippen molar-refractivity contribution in [2.75, 3.05) is 0 Å². The first-order valence-electron chi connectivity index (χ1n) is 11.3. The van der Waals surface area contributed by atoms with E-state index in [0.29, 0.717) is 41.7 Å². The highest BCUT2D eigenvalue weighted by molar-refractivity contribution is 6.09. The molecule has 34 heavy (non-hydrogen) atoms. The summed E-state index contributed by atoms with van der Waals surface area (Å²) in [6.45, 7) is 4.10. The van der Waals surface area contributed by atoms with Crippen LogP contribution in [-0.4, -0.2) is 38.6 Å². The van der Waals surface area contributed by atoms with Crippen LogP contribution in [0, 0.1) is 12.8 Å². The Balaban J connectivity index is 1.28. The fraction of sp³-hybridized carbons (Fsp3) is 0.320. The molecule has 1 spiro atoms. The van der Waals surface area contributed by atoms with Crippen molar-refractivity contribution in [3.8, 4) is 22.9 Å². The molecule has 2 aromatic carbocycles. The van der Waals surface area contributed by atoms with Gasteiger partial charge in [-0.25, -0.2) is 4.79 Å². The first kappa shape index (κ1) is 21.8. The van der Waals surface area contributed by atoms with E-state index < -0.39 is 23.4 Å². The number of aromatic nitrogens is 2. The zero-order chi connectivity index (χ0) is 23.9. The number of hydrogen-bond acceptors (Lipinski definition) is 6. The second-order valence-electron chi connectivity index (χ2n) is 9.08. The van der Waals surface area contributed by atoms with E-state index in [0.717, 1.165) is 29.0 Å². The number of carbonyl (C=O) groups is 3. The molecule has 2 fully saturated rings. The SMILES string of the molecule is Cc1ccccc1-c1nnc(-c2ccc(C(=O)NN3C(=O)NC4(CCC(C)CC4)C3=O)cc2)o1. The van der Waals surface area contributed by atoms with Crippen LogP contribution in [0.15, 0.2) is 52.9 Å². The Morgan fingerprint density at radius 3 is 2.44 bits per heavy atom. The molecule has 2 heterocycles. The van der Waals surface area contributed by atoms with Gasteiger partial charge in [-0.15, -0.1) is 10.2 Å². The van der Waals surface area contributed by atoms with Gasteiger partial charge in [-0.05, 0) is 74.4 Å². The van der Waals surface area contributed by atoms with E-state index in [1.54, 1.807) is 24.3 Å². The van der Waals surface area contributed by atoms with Gasteiger partial charge in [0.1, 0.15) is 5.54 Å². The fourth-order valence-electron chi connectivity index (χ4n) is 4.51. The van der Waals surface area contributed by atoms with Crippen LogP contribution >= 0.6 is 0 Å². The van der Waals surface area contributed by atoms with E-state index >= 15 is 0 Å². The molecular weight excluding hydrogens is 434 g/mol. The van der Waals surface area contributed by atoms with Crippen LogP contribution in [0.3, 0.4) is 0 Å². The minimum absolute atomic E-state index is 0.293. The first-order chi connectivity index (χ1) is 16.4. The third kappa shape index (κ3) is 3.83. The van der Waals surface area contributed by atoms with Crippen LogP contribution in [0.5, 0.6) is 0 Å². The predicted octanol–water partition coefficient (Wildman–Crippen LogP) is 3.86. The lowest BCUT2D eigenvalue weighted by Gasteiger charge is -2.33. The van der Waals surface area contributed by atoms with Crippen LogP contribution in [0.1, 0.15) is 48.5 Å². The van der Waals surface area contributed by atoms with Gasteiger partial charge in [0.15, 0.2) is 0 Å². The van der Waals surface area contributed by atoms with Crippen molar-refractivity contribution in [3.63, 3.8) is 0 Å². The van der Waals surface area contributed by atoms with E-state index in [4.69, 9.17) is 4.42 Å². The molecular formula is C25H25N5O4. The lowest BCUT2D eigenvalue weighted by Crippen LogP contribution is -2.51. The van der Waals surface area contributed by atoms with Crippen molar-refractivity contribution in [3.05, 3.63) is 59.7 Å². The maximum absolute atomic E-state index is 12.9. The maximum Gasteiger partial charge on any atom is 0.344 e. The van der Waals surface area contributed by atoms with E-state index in [1.807, 2.05) is 31.2 Å². The normalized spacial score (nSPS) is 22.2. The Hall–Kier alpha value is -4.01. The smallest absolute Gasteiger partial charge is 0.344 e. The predicted molar refractivity (Wildman–Crippen MR) is 123 cm³/mol. The molecule has 1 aliphatic heterocycles. The van der Waals surface area contributed by atoms with Gasteiger partial charge in [-0.1, -0.05) is 25.1 Å². The number of rotatable bonds is 4. The van der Waals surface area contributed by atoms with Gasteiger partial charge in [0.2, 0.25) is 11.8 Å². The lowest BCUT2D eigenvalue weighted by molar-refractivity contribution is -0.134. The topological polar surface area (TPSA) is 117 Å². The molecule has 3 aromatic rings. The average molecular weight is 460 g/mol. The largest absolute Gasteiger partial charge is 0.416 e. The monoisotopic (exact) mass is 459 g/mol. The number of hydrogen-bond donors (Lipinski definition) is 2. The molecule has 9 heteroatoms. The van der Waals surface area contributed by atoms with E-state index in [9.17, 15) is 14.4 Å². The molecule has 5 rings (SSSR count). The molecule has 1 aliphatic carbocycles. The number of nitrogens with zero attached hydrogens (tertiary/aromatic N) is 3. The number of nitrogens with one attached hydrogen (secondary N) is 2. The Kier molecular flexibility index (Phi) is 5.39. The van der Waals surface area contributed by atoms with Crippen molar-refractivity contribution in [2.45, 2.75) is 45.1 Å². The van der Waals surface area contributed by atoms with Crippen LogP contribution in [0.25, 0.3) is 22.9 Å². The summed E-state index contributed by atoms with van der Waals surface area (Å²) in [6.07, 6.45) is 2.87. The minimum atomic E-state index is -0.909. The second kappa shape index (κ2) is 8.40. The highest BCUT2D eigenvalue weighted by Crippen LogP contribution is 2.36. The summed E-state index contributed by atoms with van der Waals surface area (Å²) in [6, 6.07) is 13.6. The first-order valence-corrected chi connectivity index (χ1v) is 11.3. The van der Waals surface area contributed by atoms with Crippen LogP contribution in [-0.2, 0) is 4.79 Å². The summed E-state index contributed by atoms with van der Waals surface area (Å²) >= 11 is 0. The quantitative estimate of drug-likeness (QED) is 0.572. The molecule has 1 saturated heterocycles. The summed E-state index contributed by atoms with van der Waals surface area (Å²) in [5.41, 5.74) is 4.36. The summed E-state index contributed by atoms with van der Waals surface area (Å²) < 4.78 is 5.82. The Bertz CT molecular complexity index is 1260. The van der Waals surface area contributed by atoms with Gasteiger partial charge in [0, 0.05) is 16.7 Å². The Labute approximate surface area is 196 Å². The highest BCUT2D eigenvalue weighted by atomic mass is 16.4. The molecule has 1 saturated carbocycles. The molecule has 2 aliphatic rings. The van der Waals surface area contributed by atoms with Crippen molar-refractivity contribution >= 4 is 17.8 Å². The molecule has 0 bridgehead atoms. The molecule has 0 unspecified atom stereocenters. The van der Waals surface area contributed by atoms with Gasteiger partial charge in [0.05, 0.1) is 0 Å². The number of aryl methyl sites for hydroxylation is 1. The molecule has 174 valence electrons. The summed E-state index contributed by atoms with van der Waals surface area (Å²) in [5, 5.41) is 11.8. The number of carbonyl (C=O) groups excluding carboxylic acids is 3. The fourth-order valence-corrected chi connectivity index (χ4v) is 4.51. The van der Waals surface area contributed by atoms with Gasteiger partial charge in [-0.3, -0.25) is 15.0 Å². The highest BCUT2D eigenvalue weighted by Gasteiger charge is 2.52. The van der Waals surface area contributed by atoms with E-state index in [1.165, 1.54) is 0 Å². The lowest BCUT2D eigenvalue weighted by atomic mass is 9.77. The van der Waals surface area contributed by atoms with E-state index in [-0.39, 0.29) is 0 Å². The zero-order valence-corrected chi connectivity index (χ0v) is 19.0. The number of benzene rings is 2. The number of imide groups is 1. The third-order valence-electron chi connectivity index (χ3n) is 6.70. The molecule has 1 aromatic heterocycles. The van der Waals surface area contributed by atoms with E-state index in [2.05, 4.69) is 27.9 Å².